The minimum atomic E-state index is -0.221. The topological polar surface area (TPSA) is 77.8 Å². The number of rotatable bonds is 9. The van der Waals surface area contributed by atoms with Gasteiger partial charge in [0.25, 0.3) is 0 Å². The van der Waals surface area contributed by atoms with Crippen LogP contribution in [0.5, 0.6) is 17.2 Å². The van der Waals surface area contributed by atoms with Crippen molar-refractivity contribution in [1.82, 2.24) is 25.1 Å². The zero-order valence-electron chi connectivity index (χ0n) is 21.6. The molecule has 1 aliphatic rings. The van der Waals surface area contributed by atoms with Gasteiger partial charge in [0.05, 0.1) is 26.9 Å². The normalized spacial score (nSPS) is 15.7. The molecule has 35 heavy (non-hydrogen) atoms. The maximum Gasteiger partial charge on any atom is 0.173 e. The summed E-state index contributed by atoms with van der Waals surface area (Å²) < 4.78 is 18.5. The molecule has 0 saturated carbocycles. The minimum absolute atomic E-state index is 0.158. The van der Waals surface area contributed by atoms with Crippen molar-refractivity contribution < 1.29 is 14.2 Å². The van der Waals surface area contributed by atoms with E-state index in [0.717, 1.165) is 61.2 Å². The van der Waals surface area contributed by atoms with Gasteiger partial charge in [0, 0.05) is 43.5 Å². The smallest absolute Gasteiger partial charge is 0.173 e. The lowest BCUT2D eigenvalue weighted by Gasteiger charge is -2.40. The van der Waals surface area contributed by atoms with Crippen molar-refractivity contribution in [1.29, 1.82) is 0 Å². The largest absolute Gasteiger partial charge is 0.497 e. The summed E-state index contributed by atoms with van der Waals surface area (Å²) in [5.74, 6) is 3.19. The van der Waals surface area contributed by atoms with E-state index >= 15 is 0 Å². The number of piperazine rings is 1. The molecular formula is C26H36N6O3. The maximum atomic E-state index is 5.81. The lowest BCUT2D eigenvalue weighted by atomic mass is 9.98. The van der Waals surface area contributed by atoms with E-state index in [1.54, 1.807) is 21.3 Å². The van der Waals surface area contributed by atoms with Gasteiger partial charge in [-0.25, -0.2) is 4.68 Å². The summed E-state index contributed by atoms with van der Waals surface area (Å²) in [6, 6.07) is 14.0. The summed E-state index contributed by atoms with van der Waals surface area (Å²) in [6.07, 6.45) is 0.906. The van der Waals surface area contributed by atoms with Crippen molar-refractivity contribution in [3.05, 3.63) is 53.9 Å². The number of benzene rings is 2. The lowest BCUT2D eigenvalue weighted by Crippen LogP contribution is -2.49. The predicted octanol–water partition coefficient (Wildman–Crippen LogP) is 3.76. The average Bonchev–Trinajstić information content (AvgIpc) is 3.40. The Hall–Kier alpha value is -3.33. The van der Waals surface area contributed by atoms with Gasteiger partial charge in [0.15, 0.2) is 5.82 Å². The van der Waals surface area contributed by atoms with E-state index in [-0.39, 0.29) is 11.6 Å². The third-order valence-corrected chi connectivity index (χ3v) is 7.03. The first-order valence-electron chi connectivity index (χ1n) is 12.1. The SMILES string of the molecule is CCC(C)(C)n1nnnc1C(c1ccc(OC)cc1OC)N1CCN(c2ccc(OC)cc2)CC1. The van der Waals surface area contributed by atoms with Crippen LogP contribution in [-0.2, 0) is 5.54 Å². The Kier molecular flexibility index (Phi) is 7.45. The highest BCUT2D eigenvalue weighted by atomic mass is 16.5. The van der Waals surface area contributed by atoms with E-state index in [2.05, 4.69) is 64.3 Å². The van der Waals surface area contributed by atoms with Crippen molar-refractivity contribution in [3.63, 3.8) is 0 Å². The van der Waals surface area contributed by atoms with E-state index in [0.29, 0.717) is 0 Å². The number of aromatic nitrogens is 4. The molecule has 0 aliphatic carbocycles. The van der Waals surface area contributed by atoms with Gasteiger partial charge in [0.2, 0.25) is 0 Å². The van der Waals surface area contributed by atoms with Gasteiger partial charge in [-0.15, -0.1) is 5.10 Å². The van der Waals surface area contributed by atoms with Crippen LogP contribution in [0, 0.1) is 0 Å². The van der Waals surface area contributed by atoms with Crippen LogP contribution in [0.25, 0.3) is 0 Å². The molecule has 0 bridgehead atoms. The van der Waals surface area contributed by atoms with Gasteiger partial charge in [-0.3, -0.25) is 4.90 Å². The molecule has 1 saturated heterocycles. The molecule has 188 valence electrons. The van der Waals surface area contributed by atoms with Crippen molar-refractivity contribution in [2.45, 2.75) is 38.8 Å². The monoisotopic (exact) mass is 480 g/mol. The molecule has 3 aromatic rings. The van der Waals surface area contributed by atoms with Crippen LogP contribution in [-0.4, -0.2) is 72.6 Å². The van der Waals surface area contributed by atoms with Crippen molar-refractivity contribution in [2.75, 3.05) is 52.4 Å². The van der Waals surface area contributed by atoms with Crippen LogP contribution in [0.3, 0.4) is 0 Å². The fourth-order valence-electron chi connectivity index (χ4n) is 4.52. The first-order chi connectivity index (χ1) is 16.9. The quantitative estimate of drug-likeness (QED) is 0.458. The average molecular weight is 481 g/mol. The van der Waals surface area contributed by atoms with E-state index < -0.39 is 0 Å². The number of tetrazole rings is 1. The molecule has 9 nitrogen and oxygen atoms in total. The zero-order chi connectivity index (χ0) is 25.0. The zero-order valence-corrected chi connectivity index (χ0v) is 21.6. The highest BCUT2D eigenvalue weighted by Gasteiger charge is 2.35. The first-order valence-corrected chi connectivity index (χ1v) is 12.1. The van der Waals surface area contributed by atoms with Gasteiger partial charge >= 0.3 is 0 Å². The Morgan fingerprint density at radius 1 is 0.886 bits per heavy atom. The Balaban J connectivity index is 1.68. The highest BCUT2D eigenvalue weighted by molar-refractivity contribution is 5.50. The van der Waals surface area contributed by atoms with Crippen molar-refractivity contribution in [2.24, 2.45) is 0 Å². The molecule has 2 aromatic carbocycles. The molecule has 1 aromatic heterocycles. The van der Waals surface area contributed by atoms with Gasteiger partial charge in [-0.05, 0) is 67.1 Å². The van der Waals surface area contributed by atoms with Crippen LogP contribution in [0.1, 0.15) is 44.6 Å². The van der Waals surface area contributed by atoms with E-state index in [1.165, 1.54) is 5.69 Å². The predicted molar refractivity (Wildman–Crippen MR) is 136 cm³/mol. The Morgan fingerprint density at radius 3 is 2.14 bits per heavy atom. The summed E-state index contributed by atoms with van der Waals surface area (Å²) in [5, 5.41) is 13.0. The molecule has 9 heteroatoms. The second-order valence-corrected chi connectivity index (χ2v) is 9.35. The van der Waals surface area contributed by atoms with Crippen LogP contribution in [0.15, 0.2) is 42.5 Å². The molecule has 1 fully saturated rings. The summed E-state index contributed by atoms with van der Waals surface area (Å²) in [6.45, 7) is 9.96. The standard InChI is InChI=1S/C26H36N6O3/c1-7-26(2,3)32-25(27-28-29-32)24(22-13-12-21(34-5)18-23(22)35-6)31-16-14-30(15-17-31)19-8-10-20(33-4)11-9-19/h8-13,18,24H,7,14-17H2,1-6H3. The fraction of sp³-hybridized carbons (Fsp3) is 0.500. The molecule has 0 amide bonds. The van der Waals surface area contributed by atoms with Gasteiger partial charge in [-0.1, -0.05) is 6.92 Å². The van der Waals surface area contributed by atoms with E-state index in [4.69, 9.17) is 14.2 Å². The summed E-state index contributed by atoms with van der Waals surface area (Å²) in [5.41, 5.74) is 2.00. The van der Waals surface area contributed by atoms with Crippen LogP contribution >= 0.6 is 0 Å². The Labute approximate surface area is 207 Å². The second kappa shape index (κ2) is 10.5. The second-order valence-electron chi connectivity index (χ2n) is 9.35. The number of nitrogens with zero attached hydrogens (tertiary/aromatic N) is 6. The fourth-order valence-corrected chi connectivity index (χ4v) is 4.52. The molecule has 1 unspecified atom stereocenters. The summed E-state index contributed by atoms with van der Waals surface area (Å²) >= 11 is 0. The van der Waals surface area contributed by atoms with Crippen molar-refractivity contribution >= 4 is 5.69 Å². The highest BCUT2D eigenvalue weighted by Crippen LogP contribution is 2.38. The van der Waals surface area contributed by atoms with E-state index in [1.807, 2.05) is 28.9 Å². The maximum absolute atomic E-state index is 5.81. The Morgan fingerprint density at radius 2 is 1.54 bits per heavy atom. The number of methoxy groups -OCH3 is 3. The third kappa shape index (κ3) is 5.05. The molecule has 1 aliphatic heterocycles. The molecule has 1 atom stereocenters. The Bertz CT molecular complexity index is 1110. The molecule has 0 spiro atoms. The van der Waals surface area contributed by atoms with Crippen LogP contribution < -0.4 is 19.1 Å². The molecule has 4 rings (SSSR count). The number of hydrogen-bond donors (Lipinski definition) is 0. The van der Waals surface area contributed by atoms with Gasteiger partial charge < -0.3 is 19.1 Å². The molecule has 2 heterocycles. The number of ether oxygens (including phenoxy) is 3. The van der Waals surface area contributed by atoms with Crippen molar-refractivity contribution in [3.8, 4) is 17.2 Å². The summed E-state index contributed by atoms with van der Waals surface area (Å²) in [7, 11) is 5.04. The van der Waals surface area contributed by atoms with Gasteiger partial charge in [-0.2, -0.15) is 0 Å². The molecule has 0 N–H and O–H groups in total. The minimum Gasteiger partial charge on any atom is -0.497 e. The number of hydrogen-bond acceptors (Lipinski definition) is 8. The van der Waals surface area contributed by atoms with Crippen LogP contribution in [0.2, 0.25) is 0 Å². The van der Waals surface area contributed by atoms with E-state index in [9.17, 15) is 0 Å². The number of anilines is 1. The summed E-state index contributed by atoms with van der Waals surface area (Å²) in [4.78, 5) is 4.84. The van der Waals surface area contributed by atoms with Crippen LogP contribution in [0.4, 0.5) is 5.69 Å². The molecular weight excluding hydrogens is 444 g/mol. The molecule has 0 radical (unpaired) electrons. The third-order valence-electron chi connectivity index (χ3n) is 7.03. The van der Waals surface area contributed by atoms with Gasteiger partial charge in [0.1, 0.15) is 23.3 Å². The first kappa shape index (κ1) is 24.8. The lowest BCUT2D eigenvalue weighted by molar-refractivity contribution is 0.184.